The van der Waals surface area contributed by atoms with Gasteiger partial charge in [0.25, 0.3) is 0 Å². The highest BCUT2D eigenvalue weighted by Gasteiger charge is 2.36. The Hall–Kier alpha value is -0.880. The monoisotopic (exact) mass is 240 g/mol. The van der Waals surface area contributed by atoms with Crippen molar-refractivity contribution in [2.75, 3.05) is 0 Å². The van der Waals surface area contributed by atoms with Crippen molar-refractivity contribution in [2.24, 2.45) is 0 Å². The second-order valence-electron chi connectivity index (χ2n) is 2.66. The Balaban J connectivity index is 2.47. The Morgan fingerprint density at radius 1 is 1.43 bits per heavy atom. The molecule has 2 rings (SSSR count). The molecule has 1 aliphatic rings. The lowest BCUT2D eigenvalue weighted by atomic mass is 10.5. The molecule has 8 heteroatoms. The fourth-order valence-electron chi connectivity index (χ4n) is 1.12. The van der Waals surface area contributed by atoms with Crippen molar-refractivity contribution >= 4 is 29.5 Å². The van der Waals surface area contributed by atoms with Gasteiger partial charge in [-0.2, -0.15) is 8.78 Å². The van der Waals surface area contributed by atoms with E-state index in [1.807, 2.05) is 0 Å². The first-order valence-corrected chi connectivity index (χ1v) is 4.31. The van der Waals surface area contributed by atoms with E-state index < -0.39 is 11.2 Å². The third-order valence-corrected chi connectivity index (χ3v) is 2.08. The summed E-state index contributed by atoms with van der Waals surface area (Å²) in [5.74, 6) is -0.304. The van der Waals surface area contributed by atoms with Gasteiger partial charge in [-0.15, -0.1) is 10.2 Å². The van der Waals surface area contributed by atoms with Crippen LogP contribution in [0.3, 0.4) is 0 Å². The first-order valence-electron chi connectivity index (χ1n) is 3.59. The van der Waals surface area contributed by atoms with E-state index in [4.69, 9.17) is 23.4 Å². The number of nitrogens with zero attached hydrogens (tertiary/aromatic N) is 4. The standard InChI is InChI=1S/C6H4Cl2F2N4/c7-6(9,10)5-12-11-4-1-2-13(8)3-14(4)5/h1-2H,3H2. The maximum absolute atomic E-state index is 12.8. The highest BCUT2D eigenvalue weighted by Crippen LogP contribution is 2.32. The van der Waals surface area contributed by atoms with E-state index in [0.717, 1.165) is 4.57 Å². The highest BCUT2D eigenvalue weighted by atomic mass is 35.5. The number of aromatic nitrogens is 3. The molecule has 0 N–H and O–H groups in total. The molecule has 2 heterocycles. The molecule has 0 unspecified atom stereocenters. The van der Waals surface area contributed by atoms with Crippen LogP contribution in [0.4, 0.5) is 8.78 Å². The molecule has 14 heavy (non-hydrogen) atoms. The van der Waals surface area contributed by atoms with Gasteiger partial charge in [-0.1, -0.05) is 0 Å². The molecule has 0 aliphatic carbocycles. The van der Waals surface area contributed by atoms with Crippen LogP contribution in [-0.2, 0) is 12.1 Å². The van der Waals surface area contributed by atoms with Gasteiger partial charge in [-0.25, -0.2) is 0 Å². The van der Waals surface area contributed by atoms with E-state index in [1.54, 1.807) is 0 Å². The van der Waals surface area contributed by atoms with Crippen molar-refractivity contribution in [3.63, 3.8) is 0 Å². The summed E-state index contributed by atoms with van der Waals surface area (Å²) in [6, 6.07) is 0. The first-order chi connectivity index (χ1) is 6.48. The Morgan fingerprint density at radius 3 is 2.79 bits per heavy atom. The summed E-state index contributed by atoms with van der Waals surface area (Å²) in [6.45, 7) is 0.0397. The van der Waals surface area contributed by atoms with Crippen molar-refractivity contribution in [1.82, 2.24) is 19.2 Å². The maximum atomic E-state index is 12.8. The summed E-state index contributed by atoms with van der Waals surface area (Å²) < 4.78 is 27.9. The molecule has 0 radical (unpaired) electrons. The Kier molecular flexibility index (Phi) is 2.11. The third kappa shape index (κ3) is 1.55. The Bertz CT molecular complexity index is 384. The van der Waals surface area contributed by atoms with Crippen molar-refractivity contribution in [3.05, 3.63) is 17.8 Å². The fourth-order valence-corrected chi connectivity index (χ4v) is 1.42. The second-order valence-corrected chi connectivity index (χ2v) is 3.57. The Labute approximate surface area is 87.8 Å². The molecule has 76 valence electrons. The number of hydrogen-bond acceptors (Lipinski definition) is 3. The van der Waals surface area contributed by atoms with Crippen LogP contribution in [0, 0.1) is 0 Å². The summed E-state index contributed by atoms with van der Waals surface area (Å²) >= 11 is 10.4. The molecule has 0 bridgehead atoms. The van der Waals surface area contributed by atoms with Gasteiger partial charge in [0.05, 0.1) is 0 Å². The number of hydrogen-bond donors (Lipinski definition) is 0. The summed E-state index contributed by atoms with van der Waals surface area (Å²) in [5.41, 5.74) is 0. The smallest absolute Gasteiger partial charge is 0.285 e. The lowest BCUT2D eigenvalue weighted by Crippen LogP contribution is -2.22. The van der Waals surface area contributed by atoms with Crippen LogP contribution >= 0.6 is 23.4 Å². The Morgan fingerprint density at radius 2 is 2.14 bits per heavy atom. The van der Waals surface area contributed by atoms with Gasteiger partial charge in [0, 0.05) is 24.1 Å². The van der Waals surface area contributed by atoms with Gasteiger partial charge in [-0.3, -0.25) is 8.99 Å². The minimum Gasteiger partial charge on any atom is -0.285 e. The zero-order chi connectivity index (χ0) is 10.3. The fraction of sp³-hybridized carbons (Fsp3) is 0.333. The lowest BCUT2D eigenvalue weighted by Gasteiger charge is -2.19. The molecule has 1 aliphatic heterocycles. The van der Waals surface area contributed by atoms with E-state index in [-0.39, 0.29) is 6.67 Å². The molecule has 0 saturated heterocycles. The van der Waals surface area contributed by atoms with E-state index in [1.165, 1.54) is 16.7 Å². The van der Waals surface area contributed by atoms with E-state index in [2.05, 4.69) is 10.2 Å². The van der Waals surface area contributed by atoms with Crippen molar-refractivity contribution < 1.29 is 8.78 Å². The molecule has 1 aromatic heterocycles. The van der Waals surface area contributed by atoms with Crippen LogP contribution in [0.1, 0.15) is 11.6 Å². The average molecular weight is 241 g/mol. The molecule has 4 nitrogen and oxygen atoms in total. The van der Waals surface area contributed by atoms with E-state index >= 15 is 0 Å². The van der Waals surface area contributed by atoms with Crippen molar-refractivity contribution in [1.29, 1.82) is 0 Å². The highest BCUT2D eigenvalue weighted by molar-refractivity contribution is 6.21. The number of rotatable bonds is 1. The molecule has 0 amide bonds. The van der Waals surface area contributed by atoms with E-state index in [9.17, 15) is 8.78 Å². The van der Waals surface area contributed by atoms with Gasteiger partial charge in [0.2, 0.25) is 5.82 Å². The molecule has 0 atom stereocenters. The van der Waals surface area contributed by atoms with Crippen LogP contribution in [-0.4, -0.2) is 19.2 Å². The number of alkyl halides is 3. The molecular formula is C6H4Cl2F2N4. The summed E-state index contributed by atoms with van der Waals surface area (Å²) in [5, 5.41) is 3.30. The number of halogens is 4. The average Bonchev–Trinajstić information content (AvgIpc) is 2.45. The zero-order valence-electron chi connectivity index (χ0n) is 6.66. The zero-order valence-corrected chi connectivity index (χ0v) is 8.17. The molecular weight excluding hydrogens is 237 g/mol. The minimum absolute atomic E-state index is 0.0397. The quantitative estimate of drug-likeness (QED) is 0.556. The predicted molar refractivity (Wildman–Crippen MR) is 46.5 cm³/mol. The van der Waals surface area contributed by atoms with Gasteiger partial charge in [-0.05, 0) is 11.6 Å². The normalized spacial score (nSPS) is 15.9. The largest absolute Gasteiger partial charge is 0.381 e. The number of fused-ring (bicyclic) bond motifs is 1. The topological polar surface area (TPSA) is 34.0 Å². The lowest BCUT2D eigenvalue weighted by molar-refractivity contribution is 0.0778. The van der Waals surface area contributed by atoms with Gasteiger partial charge in [0.1, 0.15) is 6.67 Å². The van der Waals surface area contributed by atoms with Crippen LogP contribution in [0.2, 0.25) is 0 Å². The first kappa shape index (κ1) is 9.67. The van der Waals surface area contributed by atoms with Crippen LogP contribution in [0.25, 0.3) is 6.08 Å². The maximum Gasteiger partial charge on any atom is 0.381 e. The predicted octanol–water partition coefficient (Wildman–Crippen LogP) is 1.96. The summed E-state index contributed by atoms with van der Waals surface area (Å²) in [7, 11) is 0. The summed E-state index contributed by atoms with van der Waals surface area (Å²) in [6.07, 6.45) is 2.97. The van der Waals surface area contributed by atoms with Crippen LogP contribution in [0.15, 0.2) is 6.20 Å². The van der Waals surface area contributed by atoms with Crippen LogP contribution < -0.4 is 0 Å². The summed E-state index contributed by atoms with van der Waals surface area (Å²) in [4.78, 5) is 0. The van der Waals surface area contributed by atoms with E-state index in [0.29, 0.717) is 5.82 Å². The minimum atomic E-state index is -3.53. The SMILES string of the molecule is FC(F)(Cl)c1nnc2n1CN(Cl)C=C2. The van der Waals surface area contributed by atoms with Gasteiger partial charge in [0.15, 0.2) is 5.82 Å². The van der Waals surface area contributed by atoms with Gasteiger partial charge < -0.3 is 0 Å². The second kappa shape index (κ2) is 3.06. The third-order valence-electron chi connectivity index (χ3n) is 1.69. The van der Waals surface area contributed by atoms with Gasteiger partial charge >= 0.3 is 5.38 Å². The molecule has 0 aromatic carbocycles. The molecule has 0 saturated carbocycles. The molecule has 0 spiro atoms. The van der Waals surface area contributed by atoms with Crippen molar-refractivity contribution in [3.8, 4) is 0 Å². The van der Waals surface area contributed by atoms with Crippen LogP contribution in [0.5, 0.6) is 0 Å². The molecule has 1 aromatic rings. The molecule has 0 fully saturated rings. The van der Waals surface area contributed by atoms with Crippen molar-refractivity contribution in [2.45, 2.75) is 12.1 Å².